The van der Waals surface area contributed by atoms with Crippen LogP contribution in [0.25, 0.3) is 0 Å². The van der Waals surface area contributed by atoms with E-state index in [1.165, 1.54) is 0 Å². The van der Waals surface area contributed by atoms with E-state index in [2.05, 4.69) is 10.3 Å². The number of hydrogen-bond acceptors (Lipinski definition) is 3. The molecule has 2 rings (SSSR count). The van der Waals surface area contributed by atoms with Crippen molar-refractivity contribution in [2.24, 2.45) is 0 Å². The van der Waals surface area contributed by atoms with E-state index in [9.17, 15) is 5.11 Å². The summed E-state index contributed by atoms with van der Waals surface area (Å²) in [5.74, 6) is 0. The number of nitrogens with zero attached hydrogens (tertiary/aromatic N) is 1. The van der Waals surface area contributed by atoms with Crippen LogP contribution in [0.15, 0.2) is 54.7 Å². The predicted molar refractivity (Wildman–Crippen MR) is 76.7 cm³/mol. The highest BCUT2D eigenvalue weighted by atomic mass is 16.3. The van der Waals surface area contributed by atoms with E-state index in [4.69, 9.17) is 0 Å². The van der Waals surface area contributed by atoms with Crippen molar-refractivity contribution in [1.29, 1.82) is 0 Å². The molecule has 0 aliphatic carbocycles. The van der Waals surface area contributed by atoms with Gasteiger partial charge < -0.3 is 10.4 Å². The second-order valence-electron chi connectivity index (χ2n) is 4.75. The molecule has 0 unspecified atom stereocenters. The first-order valence-corrected chi connectivity index (χ1v) is 6.61. The maximum atomic E-state index is 10.2. The second-order valence-corrected chi connectivity index (χ2v) is 4.75. The molecule has 2 N–H and O–H groups in total. The minimum atomic E-state index is -0.397. The van der Waals surface area contributed by atoms with E-state index in [-0.39, 0.29) is 6.04 Å². The molecule has 0 radical (unpaired) electrons. The first-order valence-electron chi connectivity index (χ1n) is 6.61. The highest BCUT2D eigenvalue weighted by Gasteiger charge is 2.14. The van der Waals surface area contributed by atoms with Gasteiger partial charge in [-0.25, -0.2) is 0 Å². The van der Waals surface area contributed by atoms with Crippen molar-refractivity contribution < 1.29 is 5.11 Å². The summed E-state index contributed by atoms with van der Waals surface area (Å²) in [5, 5.41) is 13.5. The summed E-state index contributed by atoms with van der Waals surface area (Å²) in [6.07, 6.45) is 2.05. The zero-order valence-corrected chi connectivity index (χ0v) is 11.2. The Morgan fingerprint density at radius 3 is 2.53 bits per heavy atom. The summed E-state index contributed by atoms with van der Waals surface area (Å²) in [7, 11) is 0. The van der Waals surface area contributed by atoms with Gasteiger partial charge in [0.25, 0.3) is 0 Å². The smallest absolute Gasteiger partial charge is 0.0730 e. The van der Waals surface area contributed by atoms with Crippen molar-refractivity contribution in [2.75, 3.05) is 0 Å². The fraction of sp³-hybridized carbons (Fsp3) is 0.312. The number of pyridine rings is 1. The monoisotopic (exact) mass is 256 g/mol. The van der Waals surface area contributed by atoms with Crippen molar-refractivity contribution in [1.82, 2.24) is 10.3 Å². The SMILES string of the molecule is C[C@@H](NCc1ccccn1)[C@H](O)Cc1ccccc1. The number of aliphatic hydroxyl groups excluding tert-OH is 1. The molecule has 1 heterocycles. The third kappa shape index (κ3) is 4.47. The molecule has 0 aliphatic rings. The molecule has 0 bridgehead atoms. The Hall–Kier alpha value is -1.71. The van der Waals surface area contributed by atoms with Gasteiger partial charge in [-0.15, -0.1) is 0 Å². The Kier molecular flexibility index (Phi) is 5.07. The minimum absolute atomic E-state index is 0.0298. The van der Waals surface area contributed by atoms with Gasteiger partial charge in [0.15, 0.2) is 0 Å². The molecule has 0 saturated heterocycles. The third-order valence-corrected chi connectivity index (χ3v) is 3.20. The van der Waals surface area contributed by atoms with Crippen LogP contribution in [-0.2, 0) is 13.0 Å². The summed E-state index contributed by atoms with van der Waals surface area (Å²) in [5.41, 5.74) is 2.14. The van der Waals surface area contributed by atoms with E-state index in [1.54, 1.807) is 6.20 Å². The number of nitrogens with one attached hydrogen (secondary N) is 1. The van der Waals surface area contributed by atoms with Crippen molar-refractivity contribution in [2.45, 2.75) is 32.0 Å². The number of rotatable bonds is 6. The van der Waals surface area contributed by atoms with Crippen LogP contribution in [0.4, 0.5) is 0 Å². The topological polar surface area (TPSA) is 45.2 Å². The Morgan fingerprint density at radius 1 is 1.11 bits per heavy atom. The Morgan fingerprint density at radius 2 is 1.84 bits per heavy atom. The molecular formula is C16H20N2O. The number of aliphatic hydroxyl groups is 1. The molecule has 3 nitrogen and oxygen atoms in total. The van der Waals surface area contributed by atoms with Crippen LogP contribution in [-0.4, -0.2) is 22.2 Å². The maximum Gasteiger partial charge on any atom is 0.0730 e. The molecule has 0 aliphatic heterocycles. The first-order chi connectivity index (χ1) is 9.25. The van der Waals surface area contributed by atoms with Gasteiger partial charge in [-0.2, -0.15) is 0 Å². The van der Waals surface area contributed by atoms with Crippen LogP contribution in [0.2, 0.25) is 0 Å². The van der Waals surface area contributed by atoms with E-state index >= 15 is 0 Å². The van der Waals surface area contributed by atoms with Crippen molar-refractivity contribution in [3.63, 3.8) is 0 Å². The van der Waals surface area contributed by atoms with Crippen LogP contribution >= 0.6 is 0 Å². The summed E-state index contributed by atoms with van der Waals surface area (Å²) >= 11 is 0. The largest absolute Gasteiger partial charge is 0.391 e. The number of hydrogen-bond donors (Lipinski definition) is 2. The lowest BCUT2D eigenvalue weighted by Gasteiger charge is -2.20. The van der Waals surface area contributed by atoms with Gasteiger partial charge in [0.05, 0.1) is 11.8 Å². The number of aromatic nitrogens is 1. The number of benzene rings is 1. The Labute approximate surface area is 114 Å². The van der Waals surface area contributed by atoms with Gasteiger partial charge >= 0.3 is 0 Å². The van der Waals surface area contributed by atoms with Crippen molar-refractivity contribution in [3.8, 4) is 0 Å². The molecule has 1 aromatic carbocycles. The fourth-order valence-corrected chi connectivity index (χ4v) is 1.94. The van der Waals surface area contributed by atoms with Crippen LogP contribution in [0.5, 0.6) is 0 Å². The summed E-state index contributed by atoms with van der Waals surface area (Å²) < 4.78 is 0. The molecule has 2 aromatic rings. The zero-order valence-electron chi connectivity index (χ0n) is 11.2. The Bertz CT molecular complexity index is 473. The van der Waals surface area contributed by atoms with Crippen molar-refractivity contribution in [3.05, 3.63) is 66.0 Å². The molecule has 0 fully saturated rings. The molecule has 1 aromatic heterocycles. The second kappa shape index (κ2) is 7.02. The van der Waals surface area contributed by atoms with Crippen LogP contribution in [0.3, 0.4) is 0 Å². The summed E-state index contributed by atoms with van der Waals surface area (Å²) in [6.45, 7) is 2.67. The standard InChI is InChI=1S/C16H20N2O/c1-13(18-12-15-9-5-6-10-17-15)16(19)11-14-7-3-2-4-8-14/h2-10,13,16,18-19H,11-12H2,1H3/t13-,16-/m1/s1. The summed E-state index contributed by atoms with van der Waals surface area (Å²) in [4.78, 5) is 4.25. The van der Waals surface area contributed by atoms with Crippen LogP contribution < -0.4 is 5.32 Å². The van der Waals surface area contributed by atoms with Gasteiger partial charge in [0.2, 0.25) is 0 Å². The minimum Gasteiger partial charge on any atom is -0.391 e. The quantitative estimate of drug-likeness (QED) is 0.832. The highest BCUT2D eigenvalue weighted by molar-refractivity contribution is 5.15. The average Bonchev–Trinajstić information content (AvgIpc) is 2.47. The Balaban J connectivity index is 1.81. The molecule has 2 atom stereocenters. The molecule has 0 saturated carbocycles. The lowest BCUT2D eigenvalue weighted by molar-refractivity contribution is 0.133. The van der Waals surface area contributed by atoms with Crippen LogP contribution in [0.1, 0.15) is 18.2 Å². The predicted octanol–water partition coefficient (Wildman–Crippen LogP) is 2.16. The maximum absolute atomic E-state index is 10.2. The fourth-order valence-electron chi connectivity index (χ4n) is 1.94. The average molecular weight is 256 g/mol. The van der Waals surface area contributed by atoms with E-state index in [0.717, 1.165) is 11.3 Å². The van der Waals surface area contributed by atoms with E-state index in [0.29, 0.717) is 13.0 Å². The molecule has 3 heteroatoms. The highest BCUT2D eigenvalue weighted by Crippen LogP contribution is 2.06. The van der Waals surface area contributed by atoms with Crippen LogP contribution in [0, 0.1) is 0 Å². The van der Waals surface area contributed by atoms with Gasteiger partial charge in [-0.05, 0) is 31.0 Å². The van der Waals surface area contributed by atoms with Gasteiger partial charge in [0.1, 0.15) is 0 Å². The lowest BCUT2D eigenvalue weighted by atomic mass is 10.0. The molecule has 0 spiro atoms. The molecule has 19 heavy (non-hydrogen) atoms. The van der Waals surface area contributed by atoms with E-state index in [1.807, 2.05) is 55.5 Å². The lowest BCUT2D eigenvalue weighted by Crippen LogP contribution is -2.38. The van der Waals surface area contributed by atoms with Gasteiger partial charge in [-0.1, -0.05) is 36.4 Å². The summed E-state index contributed by atoms with van der Waals surface area (Å²) in [6, 6.07) is 15.9. The first kappa shape index (κ1) is 13.7. The molecule has 100 valence electrons. The van der Waals surface area contributed by atoms with Crippen molar-refractivity contribution >= 4 is 0 Å². The van der Waals surface area contributed by atoms with Gasteiger partial charge in [0, 0.05) is 18.8 Å². The zero-order chi connectivity index (χ0) is 13.5. The normalized spacial score (nSPS) is 14.0. The molecule has 0 amide bonds. The van der Waals surface area contributed by atoms with Gasteiger partial charge in [-0.3, -0.25) is 4.98 Å². The third-order valence-electron chi connectivity index (χ3n) is 3.20. The molecular weight excluding hydrogens is 236 g/mol. The van der Waals surface area contributed by atoms with E-state index < -0.39 is 6.10 Å².